The molecule has 0 aliphatic rings. The van der Waals surface area contributed by atoms with Gasteiger partial charge in [-0.2, -0.15) is 0 Å². The minimum absolute atomic E-state index is 0.0611. The van der Waals surface area contributed by atoms with Gasteiger partial charge >= 0.3 is 0 Å². The van der Waals surface area contributed by atoms with Gasteiger partial charge in [-0.3, -0.25) is 4.79 Å². The van der Waals surface area contributed by atoms with Gasteiger partial charge in [-0.25, -0.2) is 4.98 Å². The molecule has 0 aliphatic heterocycles. The number of phenolic OH excluding ortho intramolecular Hbond substituents is 2. The van der Waals surface area contributed by atoms with Crippen molar-refractivity contribution in [3.63, 3.8) is 0 Å². The molecule has 110 valence electrons. The molecular formula is C16H12N2O3S. The van der Waals surface area contributed by atoms with Crippen molar-refractivity contribution in [3.05, 3.63) is 53.5 Å². The van der Waals surface area contributed by atoms with E-state index in [9.17, 15) is 15.0 Å². The van der Waals surface area contributed by atoms with E-state index in [0.717, 1.165) is 10.2 Å². The van der Waals surface area contributed by atoms with E-state index in [0.29, 0.717) is 11.3 Å². The lowest BCUT2D eigenvalue weighted by molar-refractivity contribution is -0.111. The average molecular weight is 312 g/mol. The third-order valence-corrected chi connectivity index (χ3v) is 3.76. The number of anilines is 1. The molecule has 0 unspecified atom stereocenters. The maximum absolute atomic E-state index is 11.9. The van der Waals surface area contributed by atoms with Gasteiger partial charge in [0.15, 0.2) is 0 Å². The van der Waals surface area contributed by atoms with Crippen LogP contribution < -0.4 is 5.32 Å². The van der Waals surface area contributed by atoms with Gasteiger partial charge < -0.3 is 15.5 Å². The van der Waals surface area contributed by atoms with E-state index in [1.165, 1.54) is 41.7 Å². The van der Waals surface area contributed by atoms with E-state index >= 15 is 0 Å². The minimum atomic E-state index is -0.308. The van der Waals surface area contributed by atoms with E-state index in [4.69, 9.17) is 0 Å². The summed E-state index contributed by atoms with van der Waals surface area (Å²) < 4.78 is 1.06. The van der Waals surface area contributed by atoms with Crippen LogP contribution in [-0.2, 0) is 4.79 Å². The summed E-state index contributed by atoms with van der Waals surface area (Å²) in [4.78, 5) is 16.1. The van der Waals surface area contributed by atoms with Crippen molar-refractivity contribution >= 4 is 39.2 Å². The zero-order valence-electron chi connectivity index (χ0n) is 11.4. The van der Waals surface area contributed by atoms with Crippen LogP contribution in [0.5, 0.6) is 11.5 Å². The van der Waals surface area contributed by atoms with Crippen molar-refractivity contribution in [2.45, 2.75) is 0 Å². The van der Waals surface area contributed by atoms with Crippen molar-refractivity contribution in [2.24, 2.45) is 0 Å². The Labute approximate surface area is 130 Å². The predicted octanol–water partition coefficient (Wildman–Crippen LogP) is 3.36. The molecule has 0 radical (unpaired) electrons. The molecule has 3 aromatic rings. The molecule has 0 saturated heterocycles. The molecule has 0 saturated carbocycles. The highest BCUT2D eigenvalue weighted by molar-refractivity contribution is 7.16. The number of carbonyl (C=O) groups excluding carboxylic acids is 1. The Kier molecular flexibility index (Phi) is 3.76. The molecule has 1 amide bonds. The summed E-state index contributed by atoms with van der Waals surface area (Å²) in [7, 11) is 0. The Hall–Kier alpha value is -2.86. The lowest BCUT2D eigenvalue weighted by Crippen LogP contribution is -2.07. The van der Waals surface area contributed by atoms with Crippen LogP contribution in [0.2, 0.25) is 0 Å². The number of fused-ring (bicyclic) bond motifs is 1. The zero-order chi connectivity index (χ0) is 15.5. The van der Waals surface area contributed by atoms with Crippen molar-refractivity contribution in [3.8, 4) is 11.5 Å². The van der Waals surface area contributed by atoms with E-state index in [1.807, 2.05) is 12.1 Å². The molecule has 2 aromatic carbocycles. The Morgan fingerprint density at radius 2 is 1.91 bits per heavy atom. The summed E-state index contributed by atoms with van der Waals surface area (Å²) in [6.45, 7) is 0. The summed E-state index contributed by atoms with van der Waals surface area (Å²) in [6.07, 6.45) is 2.84. The molecule has 6 heteroatoms. The minimum Gasteiger partial charge on any atom is -0.508 e. The van der Waals surface area contributed by atoms with Crippen molar-refractivity contribution in [2.75, 3.05) is 5.32 Å². The highest BCUT2D eigenvalue weighted by Gasteiger charge is 2.02. The largest absolute Gasteiger partial charge is 0.508 e. The van der Waals surface area contributed by atoms with Gasteiger partial charge in [-0.15, -0.1) is 11.3 Å². The number of benzene rings is 2. The Morgan fingerprint density at radius 3 is 2.68 bits per heavy atom. The number of phenols is 2. The van der Waals surface area contributed by atoms with Crippen molar-refractivity contribution in [1.29, 1.82) is 0 Å². The number of carbonyl (C=O) groups is 1. The number of nitrogens with zero attached hydrogens (tertiary/aromatic N) is 1. The van der Waals surface area contributed by atoms with Crippen LogP contribution in [0, 0.1) is 0 Å². The Bertz CT molecular complexity index is 850. The first-order valence-electron chi connectivity index (χ1n) is 6.45. The van der Waals surface area contributed by atoms with E-state index in [2.05, 4.69) is 10.3 Å². The first-order valence-corrected chi connectivity index (χ1v) is 7.33. The van der Waals surface area contributed by atoms with Crippen molar-refractivity contribution < 1.29 is 15.0 Å². The highest BCUT2D eigenvalue weighted by atomic mass is 32.1. The van der Waals surface area contributed by atoms with Gasteiger partial charge in [0.2, 0.25) is 5.91 Å². The highest BCUT2D eigenvalue weighted by Crippen LogP contribution is 2.22. The van der Waals surface area contributed by atoms with Gasteiger partial charge in [0.25, 0.3) is 0 Å². The maximum Gasteiger partial charge on any atom is 0.248 e. The second-order valence-electron chi connectivity index (χ2n) is 4.64. The lowest BCUT2D eigenvalue weighted by atomic mass is 10.2. The van der Waals surface area contributed by atoms with Crippen LogP contribution in [0.3, 0.4) is 0 Å². The first-order chi connectivity index (χ1) is 10.6. The molecule has 1 heterocycles. The third-order valence-electron chi connectivity index (χ3n) is 2.95. The molecule has 0 bridgehead atoms. The monoisotopic (exact) mass is 312 g/mol. The SMILES string of the molecule is O=C(/C=C/c1cc(O)cc(O)c1)Nc1ccc2scnc2c1. The van der Waals surface area contributed by atoms with Crippen LogP contribution >= 0.6 is 11.3 Å². The van der Waals surface area contributed by atoms with E-state index in [-0.39, 0.29) is 17.4 Å². The summed E-state index contributed by atoms with van der Waals surface area (Å²) in [6, 6.07) is 9.64. The normalized spacial score (nSPS) is 11.1. The summed E-state index contributed by atoms with van der Waals surface area (Å²) in [5, 5.41) is 21.5. The number of hydrogen-bond donors (Lipinski definition) is 3. The molecule has 0 spiro atoms. The lowest BCUT2D eigenvalue weighted by Gasteiger charge is -2.02. The summed E-state index contributed by atoms with van der Waals surface area (Å²) in [5.74, 6) is -0.430. The maximum atomic E-state index is 11.9. The van der Waals surface area contributed by atoms with Crippen LogP contribution in [0.25, 0.3) is 16.3 Å². The van der Waals surface area contributed by atoms with Crippen LogP contribution in [0.1, 0.15) is 5.56 Å². The Morgan fingerprint density at radius 1 is 1.14 bits per heavy atom. The fourth-order valence-corrected chi connectivity index (χ4v) is 2.66. The van der Waals surface area contributed by atoms with E-state index < -0.39 is 0 Å². The second-order valence-corrected chi connectivity index (χ2v) is 5.53. The van der Waals surface area contributed by atoms with Gasteiger partial charge in [0.05, 0.1) is 15.7 Å². The topological polar surface area (TPSA) is 82.5 Å². The molecule has 3 rings (SSSR count). The number of aromatic hydroxyl groups is 2. The first kappa shape index (κ1) is 14.1. The summed E-state index contributed by atoms with van der Waals surface area (Å²) >= 11 is 1.54. The van der Waals surface area contributed by atoms with E-state index in [1.54, 1.807) is 11.6 Å². The van der Waals surface area contributed by atoms with Crippen LogP contribution in [0.4, 0.5) is 5.69 Å². The second kappa shape index (κ2) is 5.87. The third kappa shape index (κ3) is 3.24. The van der Waals surface area contributed by atoms with Crippen LogP contribution in [0.15, 0.2) is 48.0 Å². The van der Waals surface area contributed by atoms with Crippen LogP contribution in [-0.4, -0.2) is 21.1 Å². The molecule has 22 heavy (non-hydrogen) atoms. The molecule has 0 atom stereocenters. The van der Waals surface area contributed by atoms with Gasteiger partial charge in [-0.05, 0) is 42.0 Å². The number of rotatable bonds is 3. The smallest absolute Gasteiger partial charge is 0.248 e. The number of amides is 1. The molecule has 0 aliphatic carbocycles. The van der Waals surface area contributed by atoms with Gasteiger partial charge in [-0.1, -0.05) is 0 Å². The predicted molar refractivity (Wildman–Crippen MR) is 87.1 cm³/mol. The molecule has 5 nitrogen and oxygen atoms in total. The molecule has 1 aromatic heterocycles. The number of thiazole rings is 1. The quantitative estimate of drug-likeness (QED) is 0.648. The van der Waals surface area contributed by atoms with Gasteiger partial charge in [0, 0.05) is 17.8 Å². The summed E-state index contributed by atoms with van der Waals surface area (Å²) in [5.41, 5.74) is 3.78. The molecular weight excluding hydrogens is 300 g/mol. The molecule has 0 fully saturated rings. The number of aromatic nitrogens is 1. The Balaban J connectivity index is 1.72. The standard InChI is InChI=1S/C16H12N2O3S/c19-12-5-10(6-13(20)8-12)1-4-16(21)18-11-2-3-15-14(7-11)17-9-22-15/h1-9,19-20H,(H,18,21)/b4-1+. The molecule has 3 N–H and O–H groups in total. The number of nitrogens with one attached hydrogen (secondary N) is 1. The fraction of sp³-hybridized carbons (Fsp3) is 0. The average Bonchev–Trinajstić information content (AvgIpc) is 2.92. The fourth-order valence-electron chi connectivity index (χ4n) is 2.01. The van der Waals surface area contributed by atoms with Gasteiger partial charge in [0.1, 0.15) is 11.5 Å². The van der Waals surface area contributed by atoms with Crippen molar-refractivity contribution in [1.82, 2.24) is 4.98 Å². The zero-order valence-corrected chi connectivity index (χ0v) is 12.2. The number of hydrogen-bond acceptors (Lipinski definition) is 5.